The van der Waals surface area contributed by atoms with Gasteiger partial charge in [0, 0.05) is 44.0 Å². The molecule has 0 saturated carbocycles. The summed E-state index contributed by atoms with van der Waals surface area (Å²) in [5.41, 5.74) is 10.1. The van der Waals surface area contributed by atoms with Gasteiger partial charge in [-0.1, -0.05) is 24.3 Å². The minimum Gasteiger partial charge on any atom is -0.399 e. The van der Waals surface area contributed by atoms with Crippen molar-refractivity contribution in [1.29, 1.82) is 0 Å². The van der Waals surface area contributed by atoms with Crippen molar-refractivity contribution in [3.05, 3.63) is 59.7 Å². The van der Waals surface area contributed by atoms with Crippen molar-refractivity contribution in [1.82, 2.24) is 4.90 Å². The molecule has 2 aromatic rings. The maximum Gasteiger partial charge on any atom is 0.223 e. The molecular formula is C20H25N3O. The minimum atomic E-state index is 0.246. The highest BCUT2D eigenvalue weighted by molar-refractivity contribution is 5.76. The van der Waals surface area contributed by atoms with Crippen LogP contribution in [0.5, 0.6) is 0 Å². The van der Waals surface area contributed by atoms with E-state index in [-0.39, 0.29) is 5.91 Å². The molecule has 1 amide bonds. The average Bonchev–Trinajstić information content (AvgIpc) is 2.61. The number of benzene rings is 2. The molecule has 0 bridgehead atoms. The van der Waals surface area contributed by atoms with Gasteiger partial charge in [0.2, 0.25) is 5.91 Å². The van der Waals surface area contributed by atoms with E-state index in [4.69, 9.17) is 5.73 Å². The van der Waals surface area contributed by atoms with Crippen LogP contribution < -0.4 is 10.6 Å². The van der Waals surface area contributed by atoms with E-state index < -0.39 is 0 Å². The smallest absolute Gasteiger partial charge is 0.223 e. The molecule has 1 heterocycles. The van der Waals surface area contributed by atoms with E-state index in [1.54, 1.807) is 0 Å². The molecule has 24 heavy (non-hydrogen) atoms. The van der Waals surface area contributed by atoms with Gasteiger partial charge in [-0.3, -0.25) is 4.79 Å². The monoisotopic (exact) mass is 323 g/mol. The quantitative estimate of drug-likeness (QED) is 0.880. The highest BCUT2D eigenvalue weighted by atomic mass is 16.2. The third kappa shape index (κ3) is 4.07. The first-order valence-electron chi connectivity index (χ1n) is 8.55. The Morgan fingerprint density at radius 3 is 2.42 bits per heavy atom. The molecular weight excluding hydrogens is 298 g/mol. The lowest BCUT2D eigenvalue weighted by atomic mass is 10.1. The molecule has 0 spiro atoms. The molecule has 4 heteroatoms. The van der Waals surface area contributed by atoms with E-state index in [0.29, 0.717) is 6.42 Å². The minimum absolute atomic E-state index is 0.246. The third-order valence-corrected chi connectivity index (χ3v) is 4.61. The van der Waals surface area contributed by atoms with Crippen molar-refractivity contribution in [2.45, 2.75) is 19.8 Å². The number of nitrogens with two attached hydrogens (primary N) is 1. The summed E-state index contributed by atoms with van der Waals surface area (Å²) in [7, 11) is 0. The standard InChI is InChI=1S/C20H25N3O/c1-16-3-2-4-19(15-16)22-11-13-23(14-12-22)20(24)10-7-17-5-8-18(21)9-6-17/h2-6,8-9,15H,7,10-14,21H2,1H3. The fraction of sp³-hybridized carbons (Fsp3) is 0.350. The Balaban J connectivity index is 1.49. The molecule has 2 N–H and O–H groups in total. The van der Waals surface area contributed by atoms with E-state index in [9.17, 15) is 4.79 Å². The normalized spacial score (nSPS) is 14.7. The van der Waals surface area contributed by atoms with Gasteiger partial charge in [0.1, 0.15) is 0 Å². The number of hydrogen-bond acceptors (Lipinski definition) is 3. The zero-order chi connectivity index (χ0) is 16.9. The van der Waals surface area contributed by atoms with Crippen molar-refractivity contribution >= 4 is 17.3 Å². The zero-order valence-electron chi connectivity index (χ0n) is 14.2. The van der Waals surface area contributed by atoms with Gasteiger partial charge in [0.05, 0.1) is 0 Å². The zero-order valence-corrected chi connectivity index (χ0v) is 14.2. The van der Waals surface area contributed by atoms with Crippen molar-refractivity contribution in [3.8, 4) is 0 Å². The first-order chi connectivity index (χ1) is 11.6. The number of nitrogen functional groups attached to an aromatic ring is 1. The van der Waals surface area contributed by atoms with Crippen LogP contribution in [0.3, 0.4) is 0 Å². The molecule has 0 aromatic heterocycles. The van der Waals surface area contributed by atoms with Gasteiger partial charge >= 0.3 is 0 Å². The van der Waals surface area contributed by atoms with Crippen molar-refractivity contribution in [2.24, 2.45) is 0 Å². The lowest BCUT2D eigenvalue weighted by Gasteiger charge is -2.36. The number of rotatable bonds is 4. The molecule has 1 fully saturated rings. The summed E-state index contributed by atoms with van der Waals surface area (Å²) in [4.78, 5) is 16.8. The van der Waals surface area contributed by atoms with Crippen LogP contribution >= 0.6 is 0 Å². The predicted molar refractivity (Wildman–Crippen MR) is 99.1 cm³/mol. The molecule has 3 rings (SSSR count). The van der Waals surface area contributed by atoms with Crippen LogP contribution in [0, 0.1) is 6.92 Å². The number of carbonyl (C=O) groups is 1. The fourth-order valence-corrected chi connectivity index (χ4v) is 3.13. The number of piperazine rings is 1. The topological polar surface area (TPSA) is 49.6 Å². The number of hydrogen-bond donors (Lipinski definition) is 1. The van der Waals surface area contributed by atoms with E-state index in [1.807, 2.05) is 29.2 Å². The van der Waals surface area contributed by atoms with Crippen LogP contribution in [0.25, 0.3) is 0 Å². The van der Waals surface area contributed by atoms with Gasteiger partial charge in [0.25, 0.3) is 0 Å². The number of anilines is 2. The first kappa shape index (κ1) is 16.4. The molecule has 0 radical (unpaired) electrons. The Labute approximate surface area is 143 Å². The second-order valence-electron chi connectivity index (χ2n) is 6.45. The Morgan fingerprint density at radius 1 is 1.04 bits per heavy atom. The summed E-state index contributed by atoms with van der Waals surface area (Å²) < 4.78 is 0. The van der Waals surface area contributed by atoms with Crippen LogP contribution in [0.2, 0.25) is 0 Å². The van der Waals surface area contributed by atoms with E-state index >= 15 is 0 Å². The third-order valence-electron chi connectivity index (χ3n) is 4.61. The summed E-state index contributed by atoms with van der Waals surface area (Å²) in [5.74, 6) is 0.246. The van der Waals surface area contributed by atoms with Crippen LogP contribution in [0.1, 0.15) is 17.5 Å². The number of nitrogens with zero attached hydrogens (tertiary/aromatic N) is 2. The lowest BCUT2D eigenvalue weighted by molar-refractivity contribution is -0.131. The Hall–Kier alpha value is -2.49. The maximum atomic E-state index is 12.4. The van der Waals surface area contributed by atoms with Gasteiger partial charge < -0.3 is 15.5 Å². The number of aryl methyl sites for hydroxylation is 2. The van der Waals surface area contributed by atoms with Crippen molar-refractivity contribution in [3.63, 3.8) is 0 Å². The Kier molecular flexibility index (Phi) is 5.04. The Morgan fingerprint density at radius 2 is 1.75 bits per heavy atom. The summed E-state index contributed by atoms with van der Waals surface area (Å²) >= 11 is 0. The van der Waals surface area contributed by atoms with E-state index in [1.165, 1.54) is 11.3 Å². The maximum absolute atomic E-state index is 12.4. The van der Waals surface area contributed by atoms with Gasteiger partial charge in [-0.05, 0) is 48.7 Å². The molecule has 0 aliphatic carbocycles. The van der Waals surface area contributed by atoms with Crippen molar-refractivity contribution < 1.29 is 4.79 Å². The molecule has 1 aliphatic heterocycles. The highest BCUT2D eigenvalue weighted by Gasteiger charge is 2.21. The molecule has 0 atom stereocenters. The van der Waals surface area contributed by atoms with E-state index in [2.05, 4.69) is 36.1 Å². The number of amides is 1. The molecule has 0 unspecified atom stereocenters. The number of carbonyl (C=O) groups excluding carboxylic acids is 1. The largest absolute Gasteiger partial charge is 0.399 e. The lowest BCUT2D eigenvalue weighted by Crippen LogP contribution is -2.48. The summed E-state index contributed by atoms with van der Waals surface area (Å²) in [5, 5.41) is 0. The SMILES string of the molecule is Cc1cccc(N2CCN(C(=O)CCc3ccc(N)cc3)CC2)c1. The van der Waals surface area contributed by atoms with Gasteiger partial charge in [0.15, 0.2) is 0 Å². The molecule has 1 aliphatic rings. The Bertz CT molecular complexity index is 688. The summed E-state index contributed by atoms with van der Waals surface area (Å²) in [6, 6.07) is 16.3. The molecule has 2 aromatic carbocycles. The molecule has 126 valence electrons. The van der Waals surface area contributed by atoms with Crippen LogP contribution in [-0.2, 0) is 11.2 Å². The average molecular weight is 323 g/mol. The van der Waals surface area contributed by atoms with Crippen LogP contribution in [0.15, 0.2) is 48.5 Å². The highest BCUT2D eigenvalue weighted by Crippen LogP contribution is 2.18. The molecule has 4 nitrogen and oxygen atoms in total. The predicted octanol–water partition coefficient (Wildman–Crippen LogP) is 2.86. The van der Waals surface area contributed by atoms with Gasteiger partial charge in [-0.15, -0.1) is 0 Å². The second-order valence-corrected chi connectivity index (χ2v) is 6.45. The van der Waals surface area contributed by atoms with Gasteiger partial charge in [-0.25, -0.2) is 0 Å². The first-order valence-corrected chi connectivity index (χ1v) is 8.55. The molecule has 1 saturated heterocycles. The van der Waals surface area contributed by atoms with Crippen molar-refractivity contribution in [2.75, 3.05) is 36.8 Å². The second kappa shape index (κ2) is 7.39. The van der Waals surface area contributed by atoms with Gasteiger partial charge in [-0.2, -0.15) is 0 Å². The summed E-state index contributed by atoms with van der Waals surface area (Å²) in [6.07, 6.45) is 1.34. The van der Waals surface area contributed by atoms with Crippen LogP contribution in [-0.4, -0.2) is 37.0 Å². The van der Waals surface area contributed by atoms with E-state index in [0.717, 1.165) is 43.9 Å². The summed E-state index contributed by atoms with van der Waals surface area (Å²) in [6.45, 7) is 5.51. The fourth-order valence-electron chi connectivity index (χ4n) is 3.13. The van der Waals surface area contributed by atoms with Crippen LogP contribution in [0.4, 0.5) is 11.4 Å².